The van der Waals surface area contributed by atoms with E-state index >= 15 is 0 Å². The van der Waals surface area contributed by atoms with Crippen molar-refractivity contribution in [1.29, 1.82) is 0 Å². The zero-order valence-electron chi connectivity index (χ0n) is 15.9. The summed E-state index contributed by atoms with van der Waals surface area (Å²) in [6.45, 7) is 3.27. The molecule has 2 aromatic carbocycles. The number of carbonyl (C=O) groups excluding carboxylic acids is 1. The molecule has 0 saturated carbocycles. The van der Waals surface area contributed by atoms with Crippen LogP contribution in [0, 0.1) is 6.92 Å². The van der Waals surface area contributed by atoms with Gasteiger partial charge >= 0.3 is 0 Å². The number of aryl methyl sites for hydroxylation is 1. The Hall–Kier alpha value is -2.51. The number of thioether (sulfide) groups is 1. The van der Waals surface area contributed by atoms with E-state index < -0.39 is 0 Å². The first-order valence-corrected chi connectivity index (χ1v) is 10.8. The van der Waals surface area contributed by atoms with E-state index in [9.17, 15) is 4.79 Å². The molecule has 6 nitrogen and oxygen atoms in total. The van der Waals surface area contributed by atoms with Gasteiger partial charge in [0.15, 0.2) is 0 Å². The van der Waals surface area contributed by atoms with Gasteiger partial charge in [-0.3, -0.25) is 4.79 Å². The molecule has 1 N–H and O–H groups in total. The highest BCUT2D eigenvalue weighted by molar-refractivity contribution is 8.00. The third-order valence-corrected chi connectivity index (χ3v) is 6.97. The molecule has 8 heteroatoms. The third kappa shape index (κ3) is 3.38. The molecule has 1 aromatic heterocycles. The summed E-state index contributed by atoms with van der Waals surface area (Å²) in [5.74, 6) is 0.883. The van der Waals surface area contributed by atoms with Crippen molar-refractivity contribution in [2.45, 2.75) is 36.3 Å². The first kappa shape index (κ1) is 18.5. The maximum absolute atomic E-state index is 13.6. The fraction of sp³-hybridized carbons (Fsp3) is 0.286. The van der Waals surface area contributed by atoms with Crippen LogP contribution in [0.5, 0.6) is 0 Å². The molecule has 0 fully saturated rings. The highest BCUT2D eigenvalue weighted by atomic mass is 35.5. The predicted octanol–water partition coefficient (Wildman–Crippen LogP) is 3.58. The van der Waals surface area contributed by atoms with Crippen molar-refractivity contribution in [2.75, 3.05) is 12.0 Å². The van der Waals surface area contributed by atoms with Crippen LogP contribution in [0.25, 0.3) is 0 Å². The fourth-order valence-corrected chi connectivity index (χ4v) is 5.27. The van der Waals surface area contributed by atoms with Crippen LogP contribution in [-0.4, -0.2) is 37.5 Å². The number of amides is 1. The summed E-state index contributed by atoms with van der Waals surface area (Å²) in [4.78, 5) is 15.6. The zero-order valence-corrected chi connectivity index (χ0v) is 17.5. The fourth-order valence-electron chi connectivity index (χ4n) is 3.93. The topological polar surface area (TPSA) is 63.1 Å². The zero-order chi connectivity index (χ0) is 20.0. The van der Waals surface area contributed by atoms with Crippen LogP contribution in [0.3, 0.4) is 0 Å². The van der Waals surface area contributed by atoms with Crippen LogP contribution < -0.4 is 5.43 Å². The Kier molecular flexibility index (Phi) is 4.72. The molecule has 3 aromatic rings. The highest BCUT2D eigenvalue weighted by Gasteiger charge is 2.40. The smallest absolute Gasteiger partial charge is 0.239 e. The van der Waals surface area contributed by atoms with Gasteiger partial charge < -0.3 is 10.3 Å². The predicted molar refractivity (Wildman–Crippen MR) is 114 cm³/mol. The summed E-state index contributed by atoms with van der Waals surface area (Å²) >= 11 is 7.55. The van der Waals surface area contributed by atoms with E-state index in [1.165, 1.54) is 22.9 Å². The van der Waals surface area contributed by atoms with E-state index in [1.807, 2.05) is 46.8 Å². The van der Waals surface area contributed by atoms with Gasteiger partial charge in [0.05, 0.1) is 6.04 Å². The molecule has 2 aliphatic rings. The van der Waals surface area contributed by atoms with Crippen LogP contribution in [0.15, 0.2) is 53.7 Å². The maximum Gasteiger partial charge on any atom is 0.239 e. The standard InChI is InChI=1S/C21H20ClN5OS/c1-13-23-24-21-27(13)25-18(15-6-8-17(22)9-7-15)19(29-21)20(28)26-11-10-14-4-2-3-5-16(14)12-26/h2-9,18-19,25H,10-12H2,1H3. The van der Waals surface area contributed by atoms with Gasteiger partial charge in [0, 0.05) is 18.1 Å². The molecule has 0 saturated heterocycles. The summed E-state index contributed by atoms with van der Waals surface area (Å²) in [5, 5.41) is 9.44. The summed E-state index contributed by atoms with van der Waals surface area (Å²) in [7, 11) is 0. The van der Waals surface area contributed by atoms with Crippen molar-refractivity contribution in [3.63, 3.8) is 0 Å². The van der Waals surface area contributed by atoms with E-state index in [-0.39, 0.29) is 17.2 Å². The quantitative estimate of drug-likeness (QED) is 0.679. The molecule has 5 rings (SSSR count). The van der Waals surface area contributed by atoms with Gasteiger partial charge in [-0.15, -0.1) is 10.2 Å². The van der Waals surface area contributed by atoms with Crippen molar-refractivity contribution in [1.82, 2.24) is 19.8 Å². The van der Waals surface area contributed by atoms with E-state index in [2.05, 4.69) is 33.8 Å². The van der Waals surface area contributed by atoms with E-state index in [1.54, 1.807) is 0 Å². The average Bonchev–Trinajstić information content (AvgIpc) is 3.12. The number of carbonyl (C=O) groups is 1. The monoisotopic (exact) mass is 425 g/mol. The Balaban J connectivity index is 1.47. The first-order valence-electron chi connectivity index (χ1n) is 9.56. The normalized spacial score (nSPS) is 20.6. The van der Waals surface area contributed by atoms with Crippen LogP contribution in [0.4, 0.5) is 0 Å². The van der Waals surface area contributed by atoms with Crippen LogP contribution in [0.1, 0.15) is 28.6 Å². The number of hydrogen-bond acceptors (Lipinski definition) is 5. The van der Waals surface area contributed by atoms with Gasteiger partial charge in [0.2, 0.25) is 11.1 Å². The SMILES string of the molecule is Cc1nnc2n1NC(c1ccc(Cl)cc1)C(C(=O)N1CCc3ccccc3C1)S2. The second-order valence-corrected chi connectivity index (χ2v) is 8.89. The molecule has 0 radical (unpaired) electrons. The number of halogens is 1. The van der Waals surface area contributed by atoms with Gasteiger partial charge in [-0.2, -0.15) is 0 Å². The Morgan fingerprint density at radius 2 is 1.90 bits per heavy atom. The van der Waals surface area contributed by atoms with Crippen LogP contribution in [0.2, 0.25) is 5.02 Å². The van der Waals surface area contributed by atoms with Gasteiger partial charge in [0.25, 0.3) is 0 Å². The highest BCUT2D eigenvalue weighted by Crippen LogP contribution is 2.38. The number of hydrogen-bond donors (Lipinski definition) is 1. The lowest BCUT2D eigenvalue weighted by Crippen LogP contribution is -2.47. The lowest BCUT2D eigenvalue weighted by molar-refractivity contribution is -0.131. The lowest BCUT2D eigenvalue weighted by Gasteiger charge is -2.37. The molecule has 2 atom stereocenters. The van der Waals surface area contributed by atoms with Gasteiger partial charge in [-0.25, -0.2) is 4.68 Å². The number of aromatic nitrogens is 3. The molecule has 148 valence electrons. The third-order valence-electron chi connectivity index (χ3n) is 5.51. The number of benzene rings is 2. The summed E-state index contributed by atoms with van der Waals surface area (Å²) in [5.41, 5.74) is 7.02. The minimum Gasteiger partial charge on any atom is -0.337 e. The Bertz CT molecular complexity index is 1070. The Labute approximate surface area is 178 Å². The van der Waals surface area contributed by atoms with Crippen molar-refractivity contribution >= 4 is 29.3 Å². The molecular weight excluding hydrogens is 406 g/mol. The Morgan fingerprint density at radius 1 is 1.14 bits per heavy atom. The van der Waals surface area contributed by atoms with Crippen molar-refractivity contribution < 1.29 is 4.79 Å². The summed E-state index contributed by atoms with van der Waals surface area (Å²) in [6.07, 6.45) is 0.883. The first-order chi connectivity index (χ1) is 14.1. The van der Waals surface area contributed by atoms with E-state index in [0.717, 1.165) is 24.4 Å². The number of fused-ring (bicyclic) bond motifs is 2. The molecule has 0 bridgehead atoms. The van der Waals surface area contributed by atoms with Gasteiger partial charge in [-0.1, -0.05) is 59.8 Å². The lowest BCUT2D eigenvalue weighted by atomic mass is 9.98. The molecule has 1 amide bonds. The van der Waals surface area contributed by atoms with E-state index in [0.29, 0.717) is 16.7 Å². The molecule has 0 aliphatic carbocycles. The minimum atomic E-state index is -0.336. The van der Waals surface area contributed by atoms with Crippen molar-refractivity contribution in [3.8, 4) is 0 Å². The summed E-state index contributed by atoms with van der Waals surface area (Å²) < 4.78 is 1.86. The largest absolute Gasteiger partial charge is 0.337 e. The van der Waals surface area contributed by atoms with Crippen LogP contribution >= 0.6 is 23.4 Å². The minimum absolute atomic E-state index is 0.115. The number of nitrogens with zero attached hydrogens (tertiary/aromatic N) is 4. The molecule has 3 heterocycles. The van der Waals surface area contributed by atoms with Crippen molar-refractivity contribution in [2.24, 2.45) is 0 Å². The molecule has 2 unspecified atom stereocenters. The van der Waals surface area contributed by atoms with E-state index in [4.69, 9.17) is 11.6 Å². The molecule has 29 heavy (non-hydrogen) atoms. The van der Waals surface area contributed by atoms with Gasteiger partial charge in [-0.05, 0) is 42.2 Å². The van der Waals surface area contributed by atoms with Crippen molar-refractivity contribution in [3.05, 3.63) is 76.1 Å². The average molecular weight is 426 g/mol. The summed E-state index contributed by atoms with van der Waals surface area (Å²) in [6, 6.07) is 15.8. The second-order valence-electron chi connectivity index (χ2n) is 7.34. The molecule has 2 aliphatic heterocycles. The second kappa shape index (κ2) is 7.39. The number of nitrogens with one attached hydrogen (secondary N) is 1. The van der Waals surface area contributed by atoms with Gasteiger partial charge in [0.1, 0.15) is 11.1 Å². The maximum atomic E-state index is 13.6. The molecule has 0 spiro atoms. The van der Waals surface area contributed by atoms with Crippen LogP contribution in [-0.2, 0) is 17.8 Å². The Morgan fingerprint density at radius 3 is 2.69 bits per heavy atom. The molecular formula is C21H20ClN5OS. The number of rotatable bonds is 2.